The van der Waals surface area contributed by atoms with Crippen molar-refractivity contribution in [2.45, 2.75) is 18.9 Å². The first kappa shape index (κ1) is 18.1. The monoisotopic (exact) mass is 348 g/mol. The number of rotatable bonds is 7. The third-order valence-corrected chi connectivity index (χ3v) is 3.86. The highest BCUT2D eigenvalue weighted by Crippen LogP contribution is 2.27. The second kappa shape index (κ2) is 9.15. The summed E-state index contributed by atoms with van der Waals surface area (Å²) in [5, 5.41) is 15.2. The van der Waals surface area contributed by atoms with Crippen molar-refractivity contribution < 1.29 is 14.6 Å². The van der Waals surface area contributed by atoms with Crippen molar-refractivity contribution in [2.24, 2.45) is 0 Å². The number of halogens is 1. The summed E-state index contributed by atoms with van der Waals surface area (Å²) in [4.78, 5) is 12.3. The van der Waals surface area contributed by atoms with Crippen LogP contribution in [0.3, 0.4) is 0 Å². The zero-order chi connectivity index (χ0) is 17.4. The molecule has 0 aliphatic carbocycles. The Kier molecular flexibility index (Phi) is 6.90. The number of nitrogens with one attached hydrogen (secondary N) is 2. The van der Waals surface area contributed by atoms with E-state index in [1.54, 1.807) is 18.2 Å². The summed E-state index contributed by atoms with van der Waals surface area (Å²) in [6.07, 6.45) is 1.26. The number of hydrogen-bond acceptors (Lipinski definition) is 3. The third-order valence-electron chi connectivity index (χ3n) is 3.57. The molecule has 5 nitrogen and oxygen atoms in total. The molecule has 0 aliphatic rings. The lowest BCUT2D eigenvalue weighted by Gasteiger charge is -2.19. The minimum Gasteiger partial charge on any atom is -0.495 e. The Labute approximate surface area is 146 Å². The molecule has 1 unspecified atom stereocenters. The van der Waals surface area contributed by atoms with Gasteiger partial charge in [0.05, 0.1) is 18.2 Å². The molecule has 0 aromatic heterocycles. The predicted octanol–water partition coefficient (Wildman–Crippen LogP) is 3.98. The number of aliphatic hydroxyl groups is 1. The molecule has 6 heteroatoms. The van der Waals surface area contributed by atoms with Crippen LogP contribution in [-0.4, -0.2) is 24.9 Å². The Hall–Kier alpha value is -2.24. The number of benzene rings is 2. The third kappa shape index (κ3) is 5.15. The van der Waals surface area contributed by atoms with Crippen LogP contribution in [0.2, 0.25) is 5.02 Å². The van der Waals surface area contributed by atoms with Gasteiger partial charge >= 0.3 is 6.03 Å². The predicted molar refractivity (Wildman–Crippen MR) is 95.7 cm³/mol. The number of anilines is 1. The molecule has 2 aromatic carbocycles. The lowest BCUT2D eigenvalue weighted by atomic mass is 10.0. The second-order valence-electron chi connectivity index (χ2n) is 5.28. The van der Waals surface area contributed by atoms with Crippen molar-refractivity contribution in [2.75, 3.05) is 19.0 Å². The summed E-state index contributed by atoms with van der Waals surface area (Å²) in [7, 11) is 1.53. The normalized spacial score (nSPS) is 11.6. The number of aliphatic hydroxyl groups excluding tert-OH is 1. The average molecular weight is 349 g/mol. The van der Waals surface area contributed by atoms with Gasteiger partial charge in [0.15, 0.2) is 0 Å². The van der Waals surface area contributed by atoms with Gasteiger partial charge in [-0.25, -0.2) is 4.79 Å². The van der Waals surface area contributed by atoms with Crippen LogP contribution in [0.15, 0.2) is 48.5 Å². The van der Waals surface area contributed by atoms with E-state index in [2.05, 4.69) is 10.6 Å². The molecule has 2 amide bonds. The van der Waals surface area contributed by atoms with Gasteiger partial charge in [-0.2, -0.15) is 0 Å². The first-order valence-electron chi connectivity index (χ1n) is 7.71. The Morgan fingerprint density at radius 3 is 2.62 bits per heavy atom. The minimum absolute atomic E-state index is 0.0840. The van der Waals surface area contributed by atoms with Gasteiger partial charge in [-0.15, -0.1) is 0 Å². The number of hydrogen-bond donors (Lipinski definition) is 3. The van der Waals surface area contributed by atoms with E-state index >= 15 is 0 Å². The molecule has 24 heavy (non-hydrogen) atoms. The zero-order valence-electron chi connectivity index (χ0n) is 13.5. The van der Waals surface area contributed by atoms with Gasteiger partial charge < -0.3 is 20.5 Å². The molecular formula is C18H21ClN2O3. The van der Waals surface area contributed by atoms with Gasteiger partial charge in [0.25, 0.3) is 0 Å². The number of carbonyl (C=O) groups is 1. The molecular weight excluding hydrogens is 328 g/mol. The highest BCUT2D eigenvalue weighted by atomic mass is 35.5. The van der Waals surface area contributed by atoms with E-state index in [0.717, 1.165) is 5.56 Å². The molecule has 0 fully saturated rings. The molecule has 2 rings (SSSR count). The van der Waals surface area contributed by atoms with Crippen LogP contribution in [0.25, 0.3) is 0 Å². The SMILES string of the molecule is COc1ccc(NC(=O)NC(CCCO)c2ccccc2)cc1Cl. The number of carbonyl (C=O) groups excluding carboxylic acids is 1. The molecule has 0 saturated heterocycles. The standard InChI is InChI=1S/C18H21ClN2O3/c1-24-17-10-9-14(12-15(17)19)20-18(23)21-16(8-5-11-22)13-6-3-2-4-7-13/h2-4,6-7,9-10,12,16,22H,5,8,11H2,1H3,(H2,20,21,23). The number of methoxy groups -OCH3 is 1. The van der Waals surface area contributed by atoms with E-state index in [-0.39, 0.29) is 18.7 Å². The first-order chi connectivity index (χ1) is 11.6. The van der Waals surface area contributed by atoms with E-state index in [1.165, 1.54) is 7.11 Å². The van der Waals surface area contributed by atoms with Crippen molar-refractivity contribution in [3.63, 3.8) is 0 Å². The summed E-state index contributed by atoms with van der Waals surface area (Å²) >= 11 is 6.06. The molecule has 0 radical (unpaired) electrons. The van der Waals surface area contributed by atoms with Crippen molar-refractivity contribution >= 4 is 23.3 Å². The fourth-order valence-corrected chi connectivity index (χ4v) is 2.63. The van der Waals surface area contributed by atoms with E-state index in [1.807, 2.05) is 30.3 Å². The Morgan fingerprint density at radius 2 is 2.00 bits per heavy atom. The summed E-state index contributed by atoms with van der Waals surface area (Å²) in [6, 6.07) is 14.2. The lowest BCUT2D eigenvalue weighted by molar-refractivity contribution is 0.244. The highest BCUT2D eigenvalue weighted by Gasteiger charge is 2.14. The molecule has 3 N–H and O–H groups in total. The van der Waals surface area contributed by atoms with Gasteiger partial charge in [0, 0.05) is 12.3 Å². The van der Waals surface area contributed by atoms with Gasteiger partial charge in [0.2, 0.25) is 0 Å². The van der Waals surface area contributed by atoms with E-state index in [9.17, 15) is 4.79 Å². The van der Waals surface area contributed by atoms with Gasteiger partial charge in [0.1, 0.15) is 5.75 Å². The van der Waals surface area contributed by atoms with Crippen LogP contribution in [-0.2, 0) is 0 Å². The molecule has 128 valence electrons. The molecule has 0 spiro atoms. The van der Waals surface area contributed by atoms with Crippen molar-refractivity contribution in [1.82, 2.24) is 5.32 Å². The smallest absolute Gasteiger partial charge is 0.319 e. The Balaban J connectivity index is 2.03. The molecule has 0 bridgehead atoms. The Bertz CT molecular complexity index is 665. The topological polar surface area (TPSA) is 70.6 Å². The first-order valence-corrected chi connectivity index (χ1v) is 8.08. The highest BCUT2D eigenvalue weighted by molar-refractivity contribution is 6.32. The molecule has 0 saturated carbocycles. The van der Waals surface area contributed by atoms with Gasteiger partial charge in [-0.1, -0.05) is 41.9 Å². The van der Waals surface area contributed by atoms with Gasteiger partial charge in [-0.05, 0) is 36.6 Å². The maximum atomic E-state index is 12.3. The lowest BCUT2D eigenvalue weighted by Crippen LogP contribution is -2.32. The maximum Gasteiger partial charge on any atom is 0.319 e. The van der Waals surface area contributed by atoms with Crippen LogP contribution >= 0.6 is 11.6 Å². The molecule has 0 aliphatic heterocycles. The van der Waals surface area contributed by atoms with Gasteiger partial charge in [-0.3, -0.25) is 0 Å². The van der Waals surface area contributed by atoms with Crippen LogP contribution in [0.4, 0.5) is 10.5 Å². The van der Waals surface area contributed by atoms with Crippen molar-refractivity contribution in [1.29, 1.82) is 0 Å². The maximum absolute atomic E-state index is 12.3. The summed E-state index contributed by atoms with van der Waals surface area (Å²) in [6.45, 7) is 0.0840. The largest absolute Gasteiger partial charge is 0.495 e. The van der Waals surface area contributed by atoms with Crippen LogP contribution in [0.5, 0.6) is 5.75 Å². The van der Waals surface area contributed by atoms with Crippen LogP contribution in [0, 0.1) is 0 Å². The number of ether oxygens (including phenoxy) is 1. The van der Waals surface area contributed by atoms with E-state index in [0.29, 0.717) is 29.3 Å². The van der Waals surface area contributed by atoms with Crippen molar-refractivity contribution in [3.05, 3.63) is 59.1 Å². The Morgan fingerprint density at radius 1 is 1.25 bits per heavy atom. The molecule has 1 atom stereocenters. The van der Waals surface area contributed by atoms with Crippen LogP contribution < -0.4 is 15.4 Å². The number of amides is 2. The average Bonchev–Trinajstić information content (AvgIpc) is 2.59. The molecule has 0 heterocycles. The number of urea groups is 1. The van der Waals surface area contributed by atoms with Crippen molar-refractivity contribution in [3.8, 4) is 5.75 Å². The zero-order valence-corrected chi connectivity index (χ0v) is 14.2. The quantitative estimate of drug-likeness (QED) is 0.708. The van der Waals surface area contributed by atoms with Crippen LogP contribution in [0.1, 0.15) is 24.4 Å². The summed E-state index contributed by atoms with van der Waals surface area (Å²) < 4.78 is 5.09. The molecule has 2 aromatic rings. The fraction of sp³-hybridized carbons (Fsp3) is 0.278. The second-order valence-corrected chi connectivity index (χ2v) is 5.68. The van der Waals surface area contributed by atoms with E-state index < -0.39 is 0 Å². The summed E-state index contributed by atoms with van der Waals surface area (Å²) in [5.74, 6) is 0.549. The summed E-state index contributed by atoms with van der Waals surface area (Å²) in [5.41, 5.74) is 1.57. The minimum atomic E-state index is -0.331. The fourth-order valence-electron chi connectivity index (χ4n) is 2.37. The van der Waals surface area contributed by atoms with E-state index in [4.69, 9.17) is 21.4 Å².